The summed E-state index contributed by atoms with van der Waals surface area (Å²) in [5.41, 5.74) is 3.86. The molecule has 0 aliphatic heterocycles. The number of hydrogen-bond donors (Lipinski definition) is 4. The fourth-order valence-corrected chi connectivity index (χ4v) is 6.24. The number of nitrogens with one attached hydrogen (secondary N) is 4. The molecule has 236 valence electrons. The number of nitrogens with zero attached hydrogens (tertiary/aromatic N) is 1. The number of ether oxygens (including phenoxy) is 1. The van der Waals surface area contributed by atoms with Crippen LogP contribution in [0.25, 0.3) is 0 Å². The standard InChI is InChI=1S/C34H45N5O4S/c1-22(2)18-29(32(41)37-28-11-6-5-10-27(28)26-9-7-8-23(3)19-26)38-33(42)30(21-43-4)39-31(40)25-14-12-24(13-15-25)20-36-34-35-16-17-44-34/h7-9,12-17,19,22,27-30H,5-6,10-11,18,20-21H2,1-4H3,(H,35,36)(H,37,41)(H,38,42)(H,39,40)/t27?,28?,29-,30-/m0/s1. The van der Waals surface area contributed by atoms with Crippen LogP contribution in [0.4, 0.5) is 5.13 Å². The number of rotatable bonds is 14. The average Bonchev–Trinajstić information content (AvgIpc) is 3.53. The molecule has 3 amide bonds. The highest BCUT2D eigenvalue weighted by atomic mass is 32.1. The summed E-state index contributed by atoms with van der Waals surface area (Å²) in [6, 6.07) is 14.0. The number of aromatic nitrogens is 1. The van der Waals surface area contributed by atoms with Crippen molar-refractivity contribution in [2.24, 2.45) is 5.92 Å². The number of methoxy groups -OCH3 is 1. The van der Waals surface area contributed by atoms with Crippen molar-refractivity contribution in [2.75, 3.05) is 19.0 Å². The molecule has 9 nitrogen and oxygen atoms in total. The predicted molar refractivity (Wildman–Crippen MR) is 175 cm³/mol. The summed E-state index contributed by atoms with van der Waals surface area (Å²) >= 11 is 1.52. The molecule has 1 aliphatic carbocycles. The molecular weight excluding hydrogens is 574 g/mol. The number of thiazole rings is 1. The SMILES string of the molecule is COC[C@H](NC(=O)c1ccc(CNc2nccs2)cc1)C(=O)N[C@@H](CC(C)C)C(=O)NC1CCCCC1c1cccc(C)c1. The van der Waals surface area contributed by atoms with Crippen LogP contribution in [0.1, 0.15) is 78.9 Å². The number of carbonyl (C=O) groups excluding carboxylic acids is 3. The average molecular weight is 620 g/mol. The minimum atomic E-state index is -0.962. The van der Waals surface area contributed by atoms with E-state index in [9.17, 15) is 14.4 Å². The van der Waals surface area contributed by atoms with Crippen molar-refractivity contribution in [1.82, 2.24) is 20.9 Å². The Morgan fingerprint density at radius 3 is 2.45 bits per heavy atom. The highest BCUT2D eigenvalue weighted by molar-refractivity contribution is 7.13. The molecule has 44 heavy (non-hydrogen) atoms. The Balaban J connectivity index is 1.38. The van der Waals surface area contributed by atoms with Gasteiger partial charge in [0, 0.05) is 42.8 Å². The molecule has 4 rings (SSSR count). The summed E-state index contributed by atoms with van der Waals surface area (Å²) in [4.78, 5) is 44.4. The quantitative estimate of drug-likeness (QED) is 0.197. The molecule has 1 aliphatic rings. The maximum absolute atomic E-state index is 13.7. The molecule has 2 aromatic carbocycles. The van der Waals surface area contributed by atoms with Crippen LogP contribution in [0, 0.1) is 12.8 Å². The first kappa shape index (κ1) is 33.1. The van der Waals surface area contributed by atoms with Gasteiger partial charge in [-0.3, -0.25) is 14.4 Å². The Labute approximate surface area is 264 Å². The lowest BCUT2D eigenvalue weighted by molar-refractivity contribution is -0.131. The van der Waals surface area contributed by atoms with Crippen LogP contribution >= 0.6 is 11.3 Å². The Morgan fingerprint density at radius 1 is 1.00 bits per heavy atom. The van der Waals surface area contributed by atoms with Gasteiger partial charge in [0.25, 0.3) is 5.91 Å². The van der Waals surface area contributed by atoms with Gasteiger partial charge in [-0.05, 0) is 55.4 Å². The summed E-state index contributed by atoms with van der Waals surface area (Å²) < 4.78 is 5.28. The molecule has 1 aromatic heterocycles. The van der Waals surface area contributed by atoms with Gasteiger partial charge in [0.1, 0.15) is 12.1 Å². The molecule has 0 saturated heterocycles. The number of anilines is 1. The second-order valence-corrected chi connectivity index (χ2v) is 12.9. The minimum Gasteiger partial charge on any atom is -0.382 e. The Morgan fingerprint density at radius 2 is 1.77 bits per heavy atom. The molecule has 0 radical (unpaired) electrons. The lowest BCUT2D eigenvalue weighted by Crippen LogP contribution is -2.57. The number of benzene rings is 2. The van der Waals surface area contributed by atoms with Crippen LogP contribution in [0.3, 0.4) is 0 Å². The predicted octanol–water partition coefficient (Wildman–Crippen LogP) is 5.18. The molecule has 4 N–H and O–H groups in total. The second-order valence-electron chi connectivity index (χ2n) is 12.0. The van der Waals surface area contributed by atoms with Crippen molar-refractivity contribution in [3.8, 4) is 0 Å². The van der Waals surface area contributed by atoms with Gasteiger partial charge in [0.2, 0.25) is 11.8 Å². The Kier molecular flexibility index (Phi) is 12.3. The van der Waals surface area contributed by atoms with Gasteiger partial charge < -0.3 is 26.0 Å². The van der Waals surface area contributed by atoms with Crippen molar-refractivity contribution in [3.63, 3.8) is 0 Å². The highest BCUT2D eigenvalue weighted by Crippen LogP contribution is 2.33. The number of carbonyl (C=O) groups is 3. The zero-order valence-corrected chi connectivity index (χ0v) is 26.9. The van der Waals surface area contributed by atoms with Crippen molar-refractivity contribution in [2.45, 2.75) is 83.5 Å². The molecule has 4 atom stereocenters. The van der Waals surface area contributed by atoms with Gasteiger partial charge in [-0.25, -0.2) is 4.98 Å². The smallest absolute Gasteiger partial charge is 0.251 e. The lowest BCUT2D eigenvalue weighted by Gasteiger charge is -2.34. The van der Waals surface area contributed by atoms with E-state index in [1.54, 1.807) is 18.3 Å². The Bertz CT molecular complexity index is 1360. The minimum absolute atomic E-state index is 0.00108. The third-order valence-electron chi connectivity index (χ3n) is 7.95. The van der Waals surface area contributed by atoms with Crippen LogP contribution in [-0.2, 0) is 20.9 Å². The van der Waals surface area contributed by atoms with E-state index in [0.717, 1.165) is 36.4 Å². The fourth-order valence-electron chi connectivity index (χ4n) is 5.72. The van der Waals surface area contributed by atoms with E-state index in [2.05, 4.69) is 57.4 Å². The third-order valence-corrected chi connectivity index (χ3v) is 8.68. The van der Waals surface area contributed by atoms with Crippen molar-refractivity contribution in [3.05, 3.63) is 82.4 Å². The molecule has 1 fully saturated rings. The zero-order chi connectivity index (χ0) is 31.5. The largest absolute Gasteiger partial charge is 0.382 e. The van der Waals surface area contributed by atoms with Gasteiger partial charge >= 0.3 is 0 Å². The van der Waals surface area contributed by atoms with Crippen molar-refractivity contribution in [1.29, 1.82) is 0 Å². The highest BCUT2D eigenvalue weighted by Gasteiger charge is 2.32. The zero-order valence-electron chi connectivity index (χ0n) is 26.1. The summed E-state index contributed by atoms with van der Waals surface area (Å²) in [6.45, 7) is 6.68. The van der Waals surface area contributed by atoms with E-state index in [4.69, 9.17) is 4.74 Å². The van der Waals surface area contributed by atoms with E-state index < -0.39 is 23.9 Å². The summed E-state index contributed by atoms with van der Waals surface area (Å²) in [5.74, 6) is -0.637. The summed E-state index contributed by atoms with van der Waals surface area (Å²) in [7, 11) is 1.48. The molecule has 2 unspecified atom stereocenters. The van der Waals surface area contributed by atoms with Gasteiger partial charge in [-0.15, -0.1) is 11.3 Å². The molecule has 3 aromatic rings. The first-order valence-electron chi connectivity index (χ1n) is 15.4. The molecule has 0 bridgehead atoms. The molecule has 10 heteroatoms. The van der Waals surface area contributed by atoms with Gasteiger partial charge in [0.05, 0.1) is 6.61 Å². The van der Waals surface area contributed by atoms with Crippen LogP contribution in [0.15, 0.2) is 60.1 Å². The van der Waals surface area contributed by atoms with E-state index in [-0.39, 0.29) is 30.4 Å². The second kappa shape index (κ2) is 16.4. The first-order valence-corrected chi connectivity index (χ1v) is 16.3. The van der Waals surface area contributed by atoms with Crippen LogP contribution in [0.2, 0.25) is 0 Å². The molecule has 1 heterocycles. The number of hydrogen-bond acceptors (Lipinski definition) is 7. The number of aryl methyl sites for hydroxylation is 1. The van der Waals surface area contributed by atoms with Gasteiger partial charge in [-0.2, -0.15) is 0 Å². The lowest BCUT2D eigenvalue weighted by atomic mass is 9.79. The normalized spacial score (nSPS) is 17.8. The molecule has 1 saturated carbocycles. The van der Waals surface area contributed by atoms with Crippen LogP contribution in [0.5, 0.6) is 0 Å². The van der Waals surface area contributed by atoms with Gasteiger partial charge in [0.15, 0.2) is 5.13 Å². The fraction of sp³-hybridized carbons (Fsp3) is 0.471. The van der Waals surface area contributed by atoms with Crippen LogP contribution in [-0.4, -0.2) is 54.5 Å². The monoisotopic (exact) mass is 619 g/mol. The van der Waals surface area contributed by atoms with E-state index in [1.807, 2.05) is 31.4 Å². The Hall–Kier alpha value is -3.76. The van der Waals surface area contributed by atoms with E-state index in [1.165, 1.54) is 29.6 Å². The van der Waals surface area contributed by atoms with Crippen molar-refractivity contribution >= 4 is 34.2 Å². The van der Waals surface area contributed by atoms with E-state index in [0.29, 0.717) is 18.5 Å². The first-order chi connectivity index (χ1) is 21.2. The van der Waals surface area contributed by atoms with Crippen LogP contribution < -0.4 is 21.3 Å². The number of amides is 3. The topological polar surface area (TPSA) is 121 Å². The summed E-state index contributed by atoms with van der Waals surface area (Å²) in [5, 5.41) is 15.0. The molecule has 0 spiro atoms. The maximum Gasteiger partial charge on any atom is 0.251 e. The van der Waals surface area contributed by atoms with E-state index >= 15 is 0 Å². The molecular formula is C34H45N5O4S. The van der Waals surface area contributed by atoms with Crippen molar-refractivity contribution < 1.29 is 19.1 Å². The summed E-state index contributed by atoms with van der Waals surface area (Å²) in [6.07, 6.45) is 6.31. The maximum atomic E-state index is 13.7. The van der Waals surface area contributed by atoms with Gasteiger partial charge in [-0.1, -0.05) is 68.7 Å². The third kappa shape index (κ3) is 9.62.